The molecular weight excluding hydrogens is 372 g/mol. The first-order chi connectivity index (χ1) is 13.9. The summed E-state index contributed by atoms with van der Waals surface area (Å²) in [4.78, 5) is 14.9. The molecule has 29 heavy (non-hydrogen) atoms. The molecular formula is C24H27F2NO2. The van der Waals surface area contributed by atoms with Crippen LogP contribution in [-0.2, 0) is 23.7 Å². The lowest BCUT2D eigenvalue weighted by Gasteiger charge is -2.33. The maximum atomic E-state index is 13.4. The molecule has 4 rings (SSSR count). The summed E-state index contributed by atoms with van der Waals surface area (Å²) in [6.07, 6.45) is 6.32. The Bertz CT molecular complexity index is 867. The molecule has 0 unspecified atom stereocenters. The van der Waals surface area contributed by atoms with Crippen LogP contribution in [0.3, 0.4) is 0 Å². The Morgan fingerprint density at radius 3 is 2.48 bits per heavy atom. The summed E-state index contributed by atoms with van der Waals surface area (Å²) >= 11 is 0. The van der Waals surface area contributed by atoms with Crippen molar-refractivity contribution in [3.05, 3.63) is 59.2 Å². The van der Waals surface area contributed by atoms with Crippen LogP contribution in [0.15, 0.2) is 42.5 Å². The number of benzene rings is 2. The second kappa shape index (κ2) is 8.13. The maximum Gasteiger partial charge on any atom is 0.270 e. The summed E-state index contributed by atoms with van der Waals surface area (Å²) in [6.45, 7) is 2.20. The molecule has 5 heteroatoms. The van der Waals surface area contributed by atoms with Crippen molar-refractivity contribution in [2.24, 2.45) is 5.92 Å². The van der Waals surface area contributed by atoms with Gasteiger partial charge in [-0.15, -0.1) is 0 Å². The van der Waals surface area contributed by atoms with Crippen LogP contribution in [0.1, 0.15) is 55.7 Å². The third-order valence-electron chi connectivity index (χ3n) is 6.08. The van der Waals surface area contributed by atoms with Crippen LogP contribution < -0.4 is 4.74 Å². The number of nitrogens with zero attached hydrogens (tertiary/aromatic N) is 1. The Kier molecular flexibility index (Phi) is 5.57. The van der Waals surface area contributed by atoms with Crippen LogP contribution in [0, 0.1) is 5.92 Å². The highest BCUT2D eigenvalue weighted by molar-refractivity contribution is 5.79. The molecule has 0 radical (unpaired) electrons. The number of amides is 1. The quantitative estimate of drug-likeness (QED) is 0.626. The standard InChI is InChI=1S/C24H27F2NO2/c1-24(25,26)19-10-12-20(13-11-19)29-22-9-5-8-18-16-27(15-14-21(18)22)23(28)17-6-3-2-4-7-17/h5,8-13,17H,2-4,6-7,14-16H2,1H3. The van der Waals surface area contributed by atoms with Gasteiger partial charge >= 0.3 is 0 Å². The molecule has 3 nitrogen and oxygen atoms in total. The van der Waals surface area contributed by atoms with Gasteiger partial charge in [0.1, 0.15) is 11.5 Å². The van der Waals surface area contributed by atoms with E-state index in [1.165, 1.54) is 18.6 Å². The fraction of sp³-hybridized carbons (Fsp3) is 0.458. The van der Waals surface area contributed by atoms with E-state index in [2.05, 4.69) is 0 Å². The molecule has 0 N–H and O–H groups in total. The first-order valence-corrected chi connectivity index (χ1v) is 10.5. The van der Waals surface area contributed by atoms with Gasteiger partial charge in [0.15, 0.2) is 0 Å². The van der Waals surface area contributed by atoms with E-state index in [-0.39, 0.29) is 17.4 Å². The zero-order chi connectivity index (χ0) is 20.4. The van der Waals surface area contributed by atoms with E-state index < -0.39 is 5.92 Å². The highest BCUT2D eigenvalue weighted by atomic mass is 19.3. The number of fused-ring (bicyclic) bond motifs is 1. The van der Waals surface area contributed by atoms with Crippen molar-refractivity contribution >= 4 is 5.91 Å². The summed E-state index contributed by atoms with van der Waals surface area (Å²) in [5.41, 5.74) is 2.18. The molecule has 0 atom stereocenters. The molecule has 1 fully saturated rings. The van der Waals surface area contributed by atoms with Gasteiger partial charge in [0.05, 0.1) is 0 Å². The topological polar surface area (TPSA) is 29.5 Å². The molecule has 1 amide bonds. The van der Waals surface area contributed by atoms with Gasteiger partial charge in [0.2, 0.25) is 5.91 Å². The van der Waals surface area contributed by atoms with Crippen molar-refractivity contribution in [3.63, 3.8) is 0 Å². The number of halogens is 2. The van der Waals surface area contributed by atoms with Gasteiger partial charge in [0, 0.05) is 37.1 Å². The molecule has 2 aromatic carbocycles. The molecule has 2 aliphatic rings. The second-order valence-electron chi connectivity index (χ2n) is 8.25. The van der Waals surface area contributed by atoms with Crippen LogP contribution >= 0.6 is 0 Å². The predicted molar refractivity (Wildman–Crippen MR) is 108 cm³/mol. The monoisotopic (exact) mass is 399 g/mol. The molecule has 0 bridgehead atoms. The van der Waals surface area contributed by atoms with Crippen LogP contribution in [0.5, 0.6) is 11.5 Å². The van der Waals surface area contributed by atoms with E-state index in [0.29, 0.717) is 18.8 Å². The van der Waals surface area contributed by atoms with Gasteiger partial charge < -0.3 is 9.64 Å². The Hall–Kier alpha value is -2.43. The van der Waals surface area contributed by atoms with Crippen molar-refractivity contribution in [1.29, 1.82) is 0 Å². The number of carbonyl (C=O) groups excluding carboxylic acids is 1. The largest absolute Gasteiger partial charge is 0.457 e. The van der Waals surface area contributed by atoms with E-state index in [4.69, 9.17) is 4.74 Å². The molecule has 0 saturated heterocycles. The first-order valence-electron chi connectivity index (χ1n) is 10.5. The van der Waals surface area contributed by atoms with Crippen LogP contribution in [0.2, 0.25) is 0 Å². The van der Waals surface area contributed by atoms with Gasteiger partial charge in [-0.2, -0.15) is 0 Å². The fourth-order valence-corrected chi connectivity index (χ4v) is 4.41. The SMILES string of the molecule is CC(F)(F)c1ccc(Oc2cccc3c2CCN(C(=O)C2CCCCC2)C3)cc1. The summed E-state index contributed by atoms with van der Waals surface area (Å²) < 4.78 is 32.8. The van der Waals surface area contributed by atoms with Gasteiger partial charge in [-0.05, 0) is 55.2 Å². The number of alkyl halides is 2. The molecule has 1 heterocycles. The van der Waals surface area contributed by atoms with Crippen LogP contribution in [0.4, 0.5) is 8.78 Å². The lowest BCUT2D eigenvalue weighted by Crippen LogP contribution is -2.40. The van der Waals surface area contributed by atoms with Crippen molar-refractivity contribution in [3.8, 4) is 11.5 Å². The minimum absolute atomic E-state index is 0.0307. The average Bonchev–Trinajstić information content (AvgIpc) is 2.73. The number of hydrogen-bond donors (Lipinski definition) is 0. The van der Waals surface area contributed by atoms with Crippen molar-refractivity contribution in [2.75, 3.05) is 6.54 Å². The van der Waals surface area contributed by atoms with Gasteiger partial charge in [-0.1, -0.05) is 31.4 Å². The average molecular weight is 399 g/mol. The van der Waals surface area contributed by atoms with Gasteiger partial charge in [0.25, 0.3) is 5.92 Å². The summed E-state index contributed by atoms with van der Waals surface area (Å²) in [5.74, 6) is -1.12. The summed E-state index contributed by atoms with van der Waals surface area (Å²) in [6, 6.07) is 11.8. The minimum atomic E-state index is -2.86. The minimum Gasteiger partial charge on any atom is -0.457 e. The maximum absolute atomic E-state index is 13.4. The first kappa shape index (κ1) is 19.9. The lowest BCUT2D eigenvalue weighted by molar-refractivity contribution is -0.137. The molecule has 0 aromatic heterocycles. The Balaban J connectivity index is 1.47. The Morgan fingerprint density at radius 1 is 1.07 bits per heavy atom. The van der Waals surface area contributed by atoms with Gasteiger partial charge in [-0.3, -0.25) is 4.79 Å². The summed E-state index contributed by atoms with van der Waals surface area (Å²) in [5, 5.41) is 0. The Labute approximate surface area is 170 Å². The molecule has 0 spiro atoms. The fourth-order valence-electron chi connectivity index (χ4n) is 4.41. The highest BCUT2D eigenvalue weighted by Gasteiger charge is 2.29. The van der Waals surface area contributed by atoms with E-state index in [1.54, 1.807) is 12.1 Å². The zero-order valence-corrected chi connectivity index (χ0v) is 16.8. The zero-order valence-electron chi connectivity index (χ0n) is 16.8. The number of hydrogen-bond acceptors (Lipinski definition) is 2. The number of rotatable bonds is 4. The van der Waals surface area contributed by atoms with Gasteiger partial charge in [-0.25, -0.2) is 8.78 Å². The normalized spacial score (nSPS) is 17.7. The third kappa shape index (κ3) is 4.44. The summed E-state index contributed by atoms with van der Waals surface area (Å²) in [7, 11) is 0. The lowest BCUT2D eigenvalue weighted by atomic mass is 9.87. The molecule has 1 saturated carbocycles. The predicted octanol–water partition coefficient (Wildman–Crippen LogP) is 6.06. The van der Waals surface area contributed by atoms with E-state index in [0.717, 1.165) is 55.9 Å². The highest BCUT2D eigenvalue weighted by Crippen LogP contribution is 2.34. The second-order valence-corrected chi connectivity index (χ2v) is 8.25. The van der Waals surface area contributed by atoms with Crippen LogP contribution in [-0.4, -0.2) is 17.4 Å². The number of ether oxygens (including phenoxy) is 1. The molecule has 154 valence electrons. The molecule has 2 aromatic rings. The van der Waals surface area contributed by atoms with Crippen molar-refractivity contribution < 1.29 is 18.3 Å². The number of carbonyl (C=O) groups is 1. The Morgan fingerprint density at radius 2 is 1.79 bits per heavy atom. The smallest absolute Gasteiger partial charge is 0.270 e. The van der Waals surface area contributed by atoms with E-state index >= 15 is 0 Å². The van der Waals surface area contributed by atoms with Crippen molar-refractivity contribution in [1.82, 2.24) is 4.90 Å². The van der Waals surface area contributed by atoms with E-state index in [9.17, 15) is 13.6 Å². The van der Waals surface area contributed by atoms with Crippen molar-refractivity contribution in [2.45, 2.75) is 57.9 Å². The molecule has 1 aliphatic heterocycles. The van der Waals surface area contributed by atoms with E-state index in [1.807, 2.05) is 23.1 Å². The molecule has 1 aliphatic carbocycles. The third-order valence-corrected chi connectivity index (χ3v) is 6.08. The van der Waals surface area contributed by atoms with Crippen LogP contribution in [0.25, 0.3) is 0 Å².